The third kappa shape index (κ3) is 3.82. The SMILES string of the molecule is COc1ccc(CCC(=O)N(C)c2nc(C)c(C)s2)cc1. The van der Waals surface area contributed by atoms with Gasteiger partial charge in [-0.3, -0.25) is 9.69 Å². The Hall–Kier alpha value is -1.88. The van der Waals surface area contributed by atoms with Crippen LogP contribution in [-0.4, -0.2) is 25.0 Å². The van der Waals surface area contributed by atoms with Crippen molar-refractivity contribution < 1.29 is 9.53 Å². The van der Waals surface area contributed by atoms with Crippen molar-refractivity contribution in [1.82, 2.24) is 4.98 Å². The Labute approximate surface area is 129 Å². The van der Waals surface area contributed by atoms with Crippen LogP contribution in [0, 0.1) is 13.8 Å². The number of hydrogen-bond donors (Lipinski definition) is 0. The highest BCUT2D eigenvalue weighted by Gasteiger charge is 2.15. The Kier molecular flexibility index (Phi) is 4.96. The number of hydrogen-bond acceptors (Lipinski definition) is 4. The van der Waals surface area contributed by atoms with E-state index >= 15 is 0 Å². The van der Waals surface area contributed by atoms with E-state index in [0.29, 0.717) is 6.42 Å². The second-order valence-corrected chi connectivity index (χ2v) is 6.12. The molecule has 0 saturated carbocycles. The summed E-state index contributed by atoms with van der Waals surface area (Å²) in [5.74, 6) is 0.912. The van der Waals surface area contributed by atoms with Gasteiger partial charge in [0.25, 0.3) is 0 Å². The third-order valence-corrected chi connectivity index (χ3v) is 4.61. The number of amides is 1. The maximum atomic E-state index is 12.2. The molecule has 1 aromatic heterocycles. The maximum Gasteiger partial charge on any atom is 0.228 e. The molecule has 0 radical (unpaired) electrons. The molecule has 1 heterocycles. The van der Waals surface area contributed by atoms with Crippen molar-refractivity contribution in [2.45, 2.75) is 26.7 Å². The van der Waals surface area contributed by atoms with Crippen LogP contribution in [0.4, 0.5) is 5.13 Å². The highest BCUT2D eigenvalue weighted by atomic mass is 32.1. The maximum absolute atomic E-state index is 12.2. The van der Waals surface area contributed by atoms with E-state index in [1.165, 1.54) is 0 Å². The van der Waals surface area contributed by atoms with E-state index in [0.717, 1.165) is 33.4 Å². The summed E-state index contributed by atoms with van der Waals surface area (Å²) in [6, 6.07) is 7.81. The van der Waals surface area contributed by atoms with Gasteiger partial charge in [0.15, 0.2) is 5.13 Å². The number of nitrogens with zero attached hydrogens (tertiary/aromatic N) is 2. The van der Waals surface area contributed by atoms with Gasteiger partial charge in [0, 0.05) is 18.3 Å². The molecule has 5 heteroatoms. The van der Waals surface area contributed by atoms with E-state index in [1.807, 2.05) is 38.1 Å². The number of carbonyl (C=O) groups is 1. The van der Waals surface area contributed by atoms with Gasteiger partial charge in [0.05, 0.1) is 12.8 Å². The molecule has 1 amide bonds. The zero-order valence-corrected chi connectivity index (χ0v) is 13.7. The number of aryl methyl sites for hydroxylation is 3. The van der Waals surface area contributed by atoms with Crippen LogP contribution in [0.3, 0.4) is 0 Å². The summed E-state index contributed by atoms with van der Waals surface area (Å²) in [6.45, 7) is 3.98. The van der Waals surface area contributed by atoms with Crippen LogP contribution in [0.1, 0.15) is 22.6 Å². The van der Waals surface area contributed by atoms with Crippen molar-refractivity contribution >= 4 is 22.4 Å². The molecule has 0 aliphatic rings. The second kappa shape index (κ2) is 6.72. The predicted molar refractivity (Wildman–Crippen MR) is 86.3 cm³/mol. The van der Waals surface area contributed by atoms with Gasteiger partial charge in [0.2, 0.25) is 5.91 Å². The van der Waals surface area contributed by atoms with E-state index < -0.39 is 0 Å². The summed E-state index contributed by atoms with van der Waals surface area (Å²) < 4.78 is 5.12. The lowest BCUT2D eigenvalue weighted by Gasteiger charge is -2.13. The Morgan fingerprint density at radius 1 is 1.29 bits per heavy atom. The molecular formula is C16H20N2O2S. The van der Waals surface area contributed by atoms with Crippen LogP contribution in [0.15, 0.2) is 24.3 Å². The van der Waals surface area contributed by atoms with Crippen LogP contribution in [0.5, 0.6) is 5.75 Å². The van der Waals surface area contributed by atoms with Gasteiger partial charge in [-0.2, -0.15) is 0 Å². The van der Waals surface area contributed by atoms with Crippen molar-refractivity contribution in [2.24, 2.45) is 0 Å². The molecule has 0 unspecified atom stereocenters. The minimum atomic E-state index is 0.0829. The van der Waals surface area contributed by atoms with Gasteiger partial charge in [-0.05, 0) is 38.0 Å². The summed E-state index contributed by atoms with van der Waals surface area (Å²) in [5, 5.41) is 0.768. The standard InChI is InChI=1S/C16H20N2O2S/c1-11-12(2)21-16(17-11)18(3)15(19)10-7-13-5-8-14(20-4)9-6-13/h5-6,8-9H,7,10H2,1-4H3. The van der Waals surface area contributed by atoms with E-state index in [2.05, 4.69) is 4.98 Å². The highest BCUT2D eigenvalue weighted by molar-refractivity contribution is 7.15. The largest absolute Gasteiger partial charge is 0.497 e. The van der Waals surface area contributed by atoms with Crippen molar-refractivity contribution in [3.63, 3.8) is 0 Å². The molecular weight excluding hydrogens is 284 g/mol. The van der Waals surface area contributed by atoms with E-state index in [4.69, 9.17) is 4.74 Å². The number of ether oxygens (including phenoxy) is 1. The average Bonchev–Trinajstić information content (AvgIpc) is 2.84. The highest BCUT2D eigenvalue weighted by Crippen LogP contribution is 2.24. The smallest absolute Gasteiger partial charge is 0.228 e. The summed E-state index contributed by atoms with van der Waals surface area (Å²) in [6.07, 6.45) is 1.19. The molecule has 2 rings (SSSR count). The van der Waals surface area contributed by atoms with Crippen molar-refractivity contribution in [3.8, 4) is 5.75 Å². The van der Waals surface area contributed by atoms with Gasteiger partial charge >= 0.3 is 0 Å². The Morgan fingerprint density at radius 2 is 1.95 bits per heavy atom. The number of aromatic nitrogens is 1. The fourth-order valence-electron chi connectivity index (χ4n) is 1.92. The molecule has 0 spiro atoms. The van der Waals surface area contributed by atoms with Crippen LogP contribution in [0.2, 0.25) is 0 Å². The molecule has 112 valence electrons. The number of carbonyl (C=O) groups excluding carboxylic acids is 1. The molecule has 0 N–H and O–H groups in total. The normalized spacial score (nSPS) is 10.5. The number of methoxy groups -OCH3 is 1. The Morgan fingerprint density at radius 3 is 2.48 bits per heavy atom. The molecule has 0 aliphatic heterocycles. The second-order valence-electron chi connectivity index (χ2n) is 4.94. The van der Waals surface area contributed by atoms with Gasteiger partial charge in [-0.15, -0.1) is 11.3 Å². The van der Waals surface area contributed by atoms with E-state index in [9.17, 15) is 4.79 Å². The van der Waals surface area contributed by atoms with Crippen molar-refractivity contribution in [2.75, 3.05) is 19.1 Å². The monoisotopic (exact) mass is 304 g/mol. The number of rotatable bonds is 5. The molecule has 0 aliphatic carbocycles. The quantitative estimate of drug-likeness (QED) is 0.850. The first-order valence-corrected chi connectivity index (χ1v) is 7.66. The molecule has 2 aromatic rings. The van der Waals surface area contributed by atoms with Gasteiger partial charge < -0.3 is 4.74 Å². The minimum Gasteiger partial charge on any atom is -0.497 e. The summed E-state index contributed by atoms with van der Waals surface area (Å²) in [5.41, 5.74) is 2.12. The van der Waals surface area contributed by atoms with E-state index in [-0.39, 0.29) is 5.91 Å². The minimum absolute atomic E-state index is 0.0829. The zero-order valence-electron chi connectivity index (χ0n) is 12.8. The first-order valence-electron chi connectivity index (χ1n) is 6.84. The first-order chi connectivity index (χ1) is 10.0. The van der Waals surface area contributed by atoms with Gasteiger partial charge in [-0.1, -0.05) is 12.1 Å². The molecule has 1 aromatic carbocycles. The Balaban J connectivity index is 1.94. The van der Waals surface area contributed by atoms with Gasteiger partial charge in [0.1, 0.15) is 5.75 Å². The molecule has 0 bridgehead atoms. The van der Waals surface area contributed by atoms with Crippen LogP contribution in [0.25, 0.3) is 0 Å². The summed E-state index contributed by atoms with van der Waals surface area (Å²) >= 11 is 1.55. The molecule has 0 atom stereocenters. The molecule has 0 saturated heterocycles. The van der Waals surface area contributed by atoms with Gasteiger partial charge in [-0.25, -0.2) is 4.98 Å². The summed E-state index contributed by atoms with van der Waals surface area (Å²) in [7, 11) is 3.43. The zero-order chi connectivity index (χ0) is 15.4. The molecule has 0 fully saturated rings. The third-order valence-electron chi connectivity index (χ3n) is 3.46. The fourth-order valence-corrected chi connectivity index (χ4v) is 2.81. The molecule has 21 heavy (non-hydrogen) atoms. The van der Waals surface area contributed by atoms with Crippen molar-refractivity contribution in [3.05, 3.63) is 40.4 Å². The fraction of sp³-hybridized carbons (Fsp3) is 0.375. The van der Waals surface area contributed by atoms with Crippen LogP contribution >= 0.6 is 11.3 Å². The van der Waals surface area contributed by atoms with Crippen molar-refractivity contribution in [1.29, 1.82) is 0 Å². The lowest BCUT2D eigenvalue weighted by Crippen LogP contribution is -2.26. The topological polar surface area (TPSA) is 42.4 Å². The number of benzene rings is 1. The summed E-state index contributed by atoms with van der Waals surface area (Å²) in [4.78, 5) is 19.4. The number of thiazole rings is 1. The Bertz CT molecular complexity index is 600. The van der Waals surface area contributed by atoms with Crippen LogP contribution < -0.4 is 9.64 Å². The van der Waals surface area contributed by atoms with Crippen LogP contribution in [-0.2, 0) is 11.2 Å². The molecule has 4 nitrogen and oxygen atoms in total. The van der Waals surface area contributed by atoms with E-state index in [1.54, 1.807) is 30.4 Å². The number of anilines is 1. The first kappa shape index (κ1) is 15.5. The lowest BCUT2D eigenvalue weighted by atomic mass is 10.1. The predicted octanol–water partition coefficient (Wildman–Crippen LogP) is 3.36. The lowest BCUT2D eigenvalue weighted by molar-refractivity contribution is -0.118. The average molecular weight is 304 g/mol.